The van der Waals surface area contributed by atoms with Crippen LogP contribution in [0.3, 0.4) is 0 Å². The molecule has 2 aromatic heterocycles. The standard InChI is InChI=1S/C21H24FN5/c1-15-25-14-20(26(15)2)21-19(23-9-10-24-21)13-16-7-11-27(12-8-16)18-5-3-17(22)4-6-18/h3-6,9-10,14,16H,7-8,11-13H2,1-2H3. The Morgan fingerprint density at radius 1 is 1.04 bits per heavy atom. The lowest BCUT2D eigenvalue weighted by Crippen LogP contribution is -2.34. The monoisotopic (exact) mass is 365 g/mol. The van der Waals surface area contributed by atoms with Gasteiger partial charge >= 0.3 is 0 Å². The number of nitrogens with zero attached hydrogens (tertiary/aromatic N) is 5. The van der Waals surface area contributed by atoms with Gasteiger partial charge in [0.05, 0.1) is 17.6 Å². The molecule has 1 aliphatic rings. The van der Waals surface area contributed by atoms with Crippen LogP contribution in [0.5, 0.6) is 0 Å². The molecule has 0 spiro atoms. The van der Waals surface area contributed by atoms with Crippen molar-refractivity contribution < 1.29 is 4.39 Å². The van der Waals surface area contributed by atoms with Gasteiger partial charge in [0.1, 0.15) is 17.3 Å². The Morgan fingerprint density at radius 3 is 2.41 bits per heavy atom. The van der Waals surface area contributed by atoms with Gasteiger partial charge in [-0.25, -0.2) is 9.37 Å². The van der Waals surface area contributed by atoms with Gasteiger partial charge in [-0.1, -0.05) is 0 Å². The normalized spacial score (nSPS) is 15.3. The molecule has 3 aromatic rings. The van der Waals surface area contributed by atoms with E-state index in [4.69, 9.17) is 0 Å². The summed E-state index contributed by atoms with van der Waals surface area (Å²) < 4.78 is 15.2. The molecule has 0 aliphatic carbocycles. The van der Waals surface area contributed by atoms with Gasteiger partial charge in [0.15, 0.2) is 0 Å². The van der Waals surface area contributed by atoms with Crippen LogP contribution < -0.4 is 4.90 Å². The Morgan fingerprint density at radius 2 is 1.74 bits per heavy atom. The number of aromatic nitrogens is 4. The molecule has 140 valence electrons. The molecule has 27 heavy (non-hydrogen) atoms. The molecular weight excluding hydrogens is 341 g/mol. The maximum Gasteiger partial charge on any atom is 0.123 e. The minimum atomic E-state index is -0.186. The van der Waals surface area contributed by atoms with E-state index in [1.807, 2.05) is 32.3 Å². The first kappa shape index (κ1) is 17.6. The highest BCUT2D eigenvalue weighted by molar-refractivity contribution is 5.57. The number of halogens is 1. The van der Waals surface area contributed by atoms with Gasteiger partial charge in [-0.05, 0) is 56.4 Å². The average molecular weight is 365 g/mol. The molecular formula is C21H24FN5. The van der Waals surface area contributed by atoms with Crippen LogP contribution in [0, 0.1) is 18.7 Å². The highest BCUT2D eigenvalue weighted by Gasteiger charge is 2.22. The lowest BCUT2D eigenvalue weighted by molar-refractivity contribution is 0.400. The minimum absolute atomic E-state index is 0.186. The van der Waals surface area contributed by atoms with Crippen molar-refractivity contribution in [2.75, 3.05) is 18.0 Å². The topological polar surface area (TPSA) is 46.8 Å². The second kappa shape index (κ2) is 7.47. The molecule has 1 aliphatic heterocycles. The quantitative estimate of drug-likeness (QED) is 0.706. The van der Waals surface area contributed by atoms with Crippen LogP contribution in [-0.4, -0.2) is 32.6 Å². The highest BCUT2D eigenvalue weighted by Crippen LogP contribution is 2.28. The number of hydrogen-bond donors (Lipinski definition) is 0. The SMILES string of the molecule is Cc1ncc(-c2nccnc2CC2CCN(c3ccc(F)cc3)CC2)n1C. The summed E-state index contributed by atoms with van der Waals surface area (Å²) in [5.74, 6) is 1.36. The van der Waals surface area contributed by atoms with E-state index in [2.05, 4.69) is 24.4 Å². The Bertz CT molecular complexity index is 911. The van der Waals surface area contributed by atoms with Crippen LogP contribution in [-0.2, 0) is 13.5 Å². The summed E-state index contributed by atoms with van der Waals surface area (Å²) in [5.41, 5.74) is 4.09. The largest absolute Gasteiger partial charge is 0.372 e. The highest BCUT2D eigenvalue weighted by atomic mass is 19.1. The van der Waals surface area contributed by atoms with Gasteiger partial charge in [-0.3, -0.25) is 9.97 Å². The number of hydrogen-bond acceptors (Lipinski definition) is 4. The number of benzene rings is 1. The Kier molecular flexibility index (Phi) is 4.88. The van der Waals surface area contributed by atoms with Gasteiger partial charge in [0, 0.05) is 38.2 Å². The van der Waals surface area contributed by atoms with Crippen LogP contribution in [0.25, 0.3) is 11.4 Å². The third-order valence-corrected chi connectivity index (χ3v) is 5.53. The summed E-state index contributed by atoms with van der Waals surface area (Å²) >= 11 is 0. The zero-order chi connectivity index (χ0) is 18.8. The van der Waals surface area contributed by atoms with Crippen LogP contribution >= 0.6 is 0 Å². The van der Waals surface area contributed by atoms with Crippen LogP contribution in [0.4, 0.5) is 10.1 Å². The maximum atomic E-state index is 13.1. The number of aryl methyl sites for hydroxylation is 1. The third-order valence-electron chi connectivity index (χ3n) is 5.53. The first-order chi connectivity index (χ1) is 13.1. The van der Waals surface area contributed by atoms with E-state index >= 15 is 0 Å². The minimum Gasteiger partial charge on any atom is -0.372 e. The summed E-state index contributed by atoms with van der Waals surface area (Å²) in [6, 6.07) is 6.79. The zero-order valence-corrected chi connectivity index (χ0v) is 15.8. The lowest BCUT2D eigenvalue weighted by atomic mass is 9.91. The van der Waals surface area contributed by atoms with Crippen molar-refractivity contribution in [2.45, 2.75) is 26.2 Å². The third kappa shape index (κ3) is 3.70. The molecule has 1 saturated heterocycles. The van der Waals surface area contributed by atoms with Crippen LogP contribution in [0.1, 0.15) is 24.4 Å². The van der Waals surface area contributed by atoms with Gasteiger partial charge < -0.3 is 9.47 Å². The maximum absolute atomic E-state index is 13.1. The van der Waals surface area contributed by atoms with Crippen molar-refractivity contribution in [1.29, 1.82) is 0 Å². The van der Waals surface area contributed by atoms with Crippen LogP contribution in [0.2, 0.25) is 0 Å². The molecule has 3 heterocycles. The molecule has 0 bridgehead atoms. The summed E-state index contributed by atoms with van der Waals surface area (Å²) in [6.07, 6.45) is 8.51. The molecule has 6 heteroatoms. The van der Waals surface area contributed by atoms with E-state index < -0.39 is 0 Å². The Hall–Kier alpha value is -2.76. The molecule has 0 amide bonds. The van der Waals surface area contributed by atoms with E-state index in [9.17, 15) is 4.39 Å². The van der Waals surface area contributed by atoms with E-state index in [-0.39, 0.29) is 5.82 Å². The Balaban J connectivity index is 1.45. The van der Waals surface area contributed by atoms with Gasteiger partial charge in [-0.15, -0.1) is 0 Å². The molecule has 4 rings (SSSR count). The van der Waals surface area contributed by atoms with E-state index in [0.717, 1.165) is 60.9 Å². The molecule has 1 aromatic carbocycles. The van der Waals surface area contributed by atoms with E-state index in [1.165, 1.54) is 12.1 Å². The average Bonchev–Trinajstić information content (AvgIpc) is 3.02. The second-order valence-electron chi connectivity index (χ2n) is 7.21. The number of rotatable bonds is 4. The molecule has 5 nitrogen and oxygen atoms in total. The molecule has 0 radical (unpaired) electrons. The van der Waals surface area contributed by atoms with Crippen molar-refractivity contribution in [3.8, 4) is 11.4 Å². The summed E-state index contributed by atoms with van der Waals surface area (Å²) in [4.78, 5) is 15.9. The first-order valence-corrected chi connectivity index (χ1v) is 9.41. The van der Waals surface area contributed by atoms with Gasteiger partial charge in [0.2, 0.25) is 0 Å². The fourth-order valence-corrected chi connectivity index (χ4v) is 3.77. The smallest absolute Gasteiger partial charge is 0.123 e. The molecule has 0 atom stereocenters. The van der Waals surface area contributed by atoms with Crippen molar-refractivity contribution in [1.82, 2.24) is 19.5 Å². The molecule has 1 fully saturated rings. The summed E-state index contributed by atoms with van der Waals surface area (Å²) in [7, 11) is 2.01. The first-order valence-electron chi connectivity index (χ1n) is 9.41. The van der Waals surface area contributed by atoms with Crippen LogP contribution in [0.15, 0.2) is 42.9 Å². The number of imidazole rings is 1. The second-order valence-corrected chi connectivity index (χ2v) is 7.21. The summed E-state index contributed by atoms with van der Waals surface area (Å²) in [6.45, 7) is 3.96. The molecule has 0 unspecified atom stereocenters. The predicted molar refractivity (Wildman–Crippen MR) is 104 cm³/mol. The number of piperidine rings is 1. The Labute approximate surface area is 158 Å². The van der Waals surface area contributed by atoms with Gasteiger partial charge in [-0.2, -0.15) is 0 Å². The van der Waals surface area contributed by atoms with Crippen molar-refractivity contribution in [3.05, 3.63) is 60.2 Å². The lowest BCUT2D eigenvalue weighted by Gasteiger charge is -2.33. The van der Waals surface area contributed by atoms with Crippen molar-refractivity contribution in [2.24, 2.45) is 13.0 Å². The fourth-order valence-electron chi connectivity index (χ4n) is 3.77. The zero-order valence-electron chi connectivity index (χ0n) is 15.8. The predicted octanol–water partition coefficient (Wildman–Crippen LogP) is 3.78. The molecule has 0 N–H and O–H groups in total. The van der Waals surface area contributed by atoms with Crippen molar-refractivity contribution >= 4 is 5.69 Å². The summed E-state index contributed by atoms with van der Waals surface area (Å²) in [5, 5.41) is 0. The number of anilines is 1. The van der Waals surface area contributed by atoms with Gasteiger partial charge in [0.25, 0.3) is 0 Å². The van der Waals surface area contributed by atoms with E-state index in [1.54, 1.807) is 12.4 Å². The van der Waals surface area contributed by atoms with Crippen molar-refractivity contribution in [3.63, 3.8) is 0 Å². The van der Waals surface area contributed by atoms with E-state index in [0.29, 0.717) is 5.92 Å². The fraction of sp³-hybridized carbons (Fsp3) is 0.381. The molecule has 0 saturated carbocycles.